The van der Waals surface area contributed by atoms with Gasteiger partial charge in [0.05, 0.1) is 7.11 Å². The van der Waals surface area contributed by atoms with Crippen LogP contribution in [0.1, 0.15) is 32.8 Å². The number of thioether (sulfide) groups is 1. The second-order valence-corrected chi connectivity index (χ2v) is 8.42. The van der Waals surface area contributed by atoms with Crippen molar-refractivity contribution in [1.82, 2.24) is 10.6 Å². The Morgan fingerprint density at radius 2 is 1.72 bits per heavy atom. The first-order valence-electron chi connectivity index (χ1n) is 9.20. The predicted octanol–water partition coefficient (Wildman–Crippen LogP) is 2.24. The zero-order valence-electron chi connectivity index (χ0n) is 17.5. The predicted molar refractivity (Wildman–Crippen MR) is 112 cm³/mol. The van der Waals surface area contributed by atoms with Gasteiger partial charge in [-0.3, -0.25) is 4.79 Å². The quantitative estimate of drug-likeness (QED) is 0.519. The summed E-state index contributed by atoms with van der Waals surface area (Å²) < 4.78 is 10.0. The molecule has 1 aromatic carbocycles. The smallest absolute Gasteiger partial charge is 0.408 e. The van der Waals surface area contributed by atoms with Crippen molar-refractivity contribution in [3.63, 3.8) is 0 Å². The summed E-state index contributed by atoms with van der Waals surface area (Å²) in [4.78, 5) is 37.1. The molecule has 2 atom stereocenters. The van der Waals surface area contributed by atoms with Crippen LogP contribution in [0.15, 0.2) is 24.3 Å². The molecule has 0 unspecified atom stereocenters. The molecule has 0 bridgehead atoms. The minimum absolute atomic E-state index is 0.0951. The van der Waals surface area contributed by atoms with E-state index in [0.29, 0.717) is 12.2 Å². The highest BCUT2D eigenvalue weighted by Crippen LogP contribution is 2.13. The van der Waals surface area contributed by atoms with Crippen LogP contribution in [0.4, 0.5) is 4.79 Å². The Morgan fingerprint density at radius 3 is 2.24 bits per heavy atom. The van der Waals surface area contributed by atoms with Gasteiger partial charge in [0.1, 0.15) is 23.4 Å². The summed E-state index contributed by atoms with van der Waals surface area (Å²) in [5.41, 5.74) is -0.00552. The highest BCUT2D eigenvalue weighted by molar-refractivity contribution is 7.98. The third-order valence-electron chi connectivity index (χ3n) is 3.80. The van der Waals surface area contributed by atoms with E-state index in [9.17, 15) is 19.5 Å². The molecule has 0 heterocycles. The Morgan fingerprint density at radius 1 is 1.10 bits per heavy atom. The molecule has 9 heteroatoms. The average molecular weight is 427 g/mol. The fourth-order valence-corrected chi connectivity index (χ4v) is 2.90. The SMILES string of the molecule is COC(=O)[C@H](CCSC)NC(=O)[C@H](Cc1ccc(O)cc1)NC(=O)OC(C)(C)C. The molecule has 0 fully saturated rings. The summed E-state index contributed by atoms with van der Waals surface area (Å²) in [6.07, 6.45) is 1.71. The van der Waals surface area contributed by atoms with Crippen molar-refractivity contribution < 1.29 is 29.0 Å². The first-order valence-corrected chi connectivity index (χ1v) is 10.6. The van der Waals surface area contributed by atoms with Gasteiger partial charge in [-0.25, -0.2) is 9.59 Å². The molecule has 1 aromatic rings. The van der Waals surface area contributed by atoms with E-state index in [0.717, 1.165) is 5.56 Å². The van der Waals surface area contributed by atoms with Gasteiger partial charge in [-0.2, -0.15) is 11.8 Å². The van der Waals surface area contributed by atoms with Crippen molar-refractivity contribution in [2.24, 2.45) is 0 Å². The maximum atomic E-state index is 12.9. The van der Waals surface area contributed by atoms with Gasteiger partial charge in [0.15, 0.2) is 0 Å². The van der Waals surface area contributed by atoms with Gasteiger partial charge < -0.3 is 25.2 Å². The number of amides is 2. The monoisotopic (exact) mass is 426 g/mol. The lowest BCUT2D eigenvalue weighted by molar-refractivity contribution is -0.145. The molecule has 0 saturated heterocycles. The Bertz CT molecular complexity index is 687. The molecule has 0 radical (unpaired) electrons. The minimum Gasteiger partial charge on any atom is -0.508 e. The standard InChI is InChI=1S/C20H30N2O6S/c1-20(2,3)28-19(26)22-16(12-13-6-8-14(23)9-7-13)17(24)21-15(10-11-29-5)18(25)27-4/h6-9,15-16,23H,10-12H2,1-5H3,(H,21,24)(H,22,26)/t15-,16-/m0/s1. The number of rotatable bonds is 9. The number of ether oxygens (including phenoxy) is 2. The Hall–Kier alpha value is -2.42. The normalized spacial score (nSPS) is 13.1. The number of hydrogen-bond acceptors (Lipinski definition) is 7. The van der Waals surface area contributed by atoms with E-state index in [2.05, 4.69) is 10.6 Å². The molecule has 0 aromatic heterocycles. The number of carbonyl (C=O) groups excluding carboxylic acids is 3. The molecule has 0 aliphatic carbocycles. The second kappa shape index (κ2) is 11.5. The molecule has 3 N–H and O–H groups in total. The van der Waals surface area contributed by atoms with Crippen molar-refractivity contribution in [3.05, 3.63) is 29.8 Å². The number of phenols is 1. The van der Waals surface area contributed by atoms with Crippen LogP contribution in [0.25, 0.3) is 0 Å². The molecule has 2 amide bonds. The molecule has 0 aliphatic heterocycles. The van der Waals surface area contributed by atoms with Crippen LogP contribution >= 0.6 is 11.8 Å². The Kier molecular flexibility index (Phi) is 9.80. The van der Waals surface area contributed by atoms with Crippen LogP contribution in [-0.2, 0) is 25.5 Å². The third kappa shape index (κ3) is 9.56. The zero-order chi connectivity index (χ0) is 22.0. The van der Waals surface area contributed by atoms with Gasteiger partial charge in [-0.05, 0) is 56.9 Å². The van der Waals surface area contributed by atoms with Crippen LogP contribution < -0.4 is 10.6 Å². The van der Waals surface area contributed by atoms with Crippen molar-refractivity contribution in [3.8, 4) is 5.75 Å². The maximum Gasteiger partial charge on any atom is 0.408 e. The van der Waals surface area contributed by atoms with E-state index >= 15 is 0 Å². The Balaban J connectivity index is 2.96. The maximum absolute atomic E-state index is 12.9. The number of methoxy groups -OCH3 is 1. The molecule has 29 heavy (non-hydrogen) atoms. The number of phenolic OH excluding ortho intramolecular Hbond substituents is 1. The van der Waals surface area contributed by atoms with Crippen LogP contribution in [0.2, 0.25) is 0 Å². The number of aromatic hydroxyl groups is 1. The summed E-state index contributed by atoms with van der Waals surface area (Å²) in [5, 5.41) is 14.7. The van der Waals surface area contributed by atoms with E-state index in [1.165, 1.54) is 19.2 Å². The van der Waals surface area contributed by atoms with Gasteiger partial charge >= 0.3 is 12.1 Å². The van der Waals surface area contributed by atoms with E-state index in [1.54, 1.807) is 44.7 Å². The molecular formula is C20H30N2O6S. The van der Waals surface area contributed by atoms with E-state index in [-0.39, 0.29) is 12.2 Å². The highest BCUT2D eigenvalue weighted by Gasteiger charge is 2.28. The average Bonchev–Trinajstić information content (AvgIpc) is 2.63. The topological polar surface area (TPSA) is 114 Å². The second-order valence-electron chi connectivity index (χ2n) is 7.44. The van der Waals surface area contributed by atoms with E-state index in [4.69, 9.17) is 9.47 Å². The van der Waals surface area contributed by atoms with Crippen LogP contribution in [0.5, 0.6) is 5.75 Å². The van der Waals surface area contributed by atoms with Gasteiger partial charge in [-0.1, -0.05) is 12.1 Å². The van der Waals surface area contributed by atoms with E-state index < -0.39 is 35.7 Å². The first kappa shape index (κ1) is 24.6. The summed E-state index contributed by atoms with van der Waals surface area (Å²) >= 11 is 1.54. The zero-order valence-corrected chi connectivity index (χ0v) is 18.3. The summed E-state index contributed by atoms with van der Waals surface area (Å²) in [7, 11) is 1.26. The highest BCUT2D eigenvalue weighted by atomic mass is 32.2. The summed E-state index contributed by atoms with van der Waals surface area (Å²) in [5.74, 6) is -0.325. The number of hydrogen-bond donors (Lipinski definition) is 3. The van der Waals surface area contributed by atoms with Gasteiger partial charge in [0, 0.05) is 6.42 Å². The van der Waals surface area contributed by atoms with Crippen molar-refractivity contribution in [2.75, 3.05) is 19.1 Å². The fraction of sp³-hybridized carbons (Fsp3) is 0.550. The molecule has 0 aliphatic rings. The molecule has 162 valence electrons. The van der Waals surface area contributed by atoms with Gasteiger partial charge in [0.2, 0.25) is 5.91 Å². The lowest BCUT2D eigenvalue weighted by Crippen LogP contribution is -2.53. The van der Waals surface area contributed by atoms with Crippen molar-refractivity contribution in [1.29, 1.82) is 0 Å². The van der Waals surface area contributed by atoms with E-state index in [1.807, 2.05) is 6.26 Å². The molecule has 1 rings (SSSR count). The lowest BCUT2D eigenvalue weighted by atomic mass is 10.0. The molecular weight excluding hydrogens is 396 g/mol. The largest absolute Gasteiger partial charge is 0.508 e. The molecule has 0 spiro atoms. The number of carbonyl (C=O) groups is 3. The van der Waals surface area contributed by atoms with Gasteiger partial charge in [-0.15, -0.1) is 0 Å². The van der Waals surface area contributed by atoms with Crippen molar-refractivity contribution >= 4 is 29.7 Å². The Labute approximate surface area is 175 Å². The molecule has 0 saturated carbocycles. The van der Waals surface area contributed by atoms with Crippen LogP contribution in [-0.4, -0.2) is 59.9 Å². The fourth-order valence-electron chi connectivity index (χ4n) is 2.43. The number of esters is 1. The lowest BCUT2D eigenvalue weighted by Gasteiger charge is -2.25. The molecule has 8 nitrogen and oxygen atoms in total. The van der Waals surface area contributed by atoms with Gasteiger partial charge in [0.25, 0.3) is 0 Å². The summed E-state index contributed by atoms with van der Waals surface area (Å²) in [6.45, 7) is 5.16. The summed E-state index contributed by atoms with van der Waals surface area (Å²) in [6, 6.07) is 4.50. The minimum atomic E-state index is -0.976. The van der Waals surface area contributed by atoms with Crippen LogP contribution in [0.3, 0.4) is 0 Å². The third-order valence-corrected chi connectivity index (χ3v) is 4.44. The van der Waals surface area contributed by atoms with Crippen LogP contribution in [0, 0.1) is 0 Å². The first-order chi connectivity index (χ1) is 13.6. The van der Waals surface area contributed by atoms with Crippen molar-refractivity contribution in [2.45, 2.75) is 51.3 Å². The number of nitrogens with one attached hydrogen (secondary N) is 2. The number of alkyl carbamates (subject to hydrolysis) is 1. The number of benzene rings is 1.